The SMILES string of the molecule is Cc1ccc(N(c2ccc3c(c2)C(C)(C)c2cc(C(C)(C)C)ccc2-3)c2ccc3c(c2)C(C)(C)c2cc(C(C)(C)C)ccc2-3)cc1. The summed E-state index contributed by atoms with van der Waals surface area (Å²) < 4.78 is 0. The highest BCUT2D eigenvalue weighted by Gasteiger charge is 2.39. The molecule has 2 aliphatic carbocycles. The Balaban J connectivity index is 1.37. The van der Waals surface area contributed by atoms with E-state index in [0.717, 1.165) is 0 Å². The summed E-state index contributed by atoms with van der Waals surface area (Å²) in [6, 6.07) is 37.5. The van der Waals surface area contributed by atoms with Gasteiger partial charge in [-0.25, -0.2) is 0 Å². The van der Waals surface area contributed by atoms with Gasteiger partial charge in [0.1, 0.15) is 0 Å². The van der Waals surface area contributed by atoms with Crippen LogP contribution < -0.4 is 4.90 Å². The average molecular weight is 604 g/mol. The molecule has 2 aliphatic rings. The van der Waals surface area contributed by atoms with Crippen molar-refractivity contribution in [2.24, 2.45) is 0 Å². The first-order valence-corrected chi connectivity index (χ1v) is 16.9. The number of aryl methyl sites for hydroxylation is 1. The van der Waals surface area contributed by atoms with Crippen molar-refractivity contribution in [3.63, 3.8) is 0 Å². The van der Waals surface area contributed by atoms with Crippen molar-refractivity contribution < 1.29 is 0 Å². The second kappa shape index (κ2) is 9.95. The van der Waals surface area contributed by atoms with E-state index in [2.05, 4.69) is 178 Å². The minimum Gasteiger partial charge on any atom is -0.310 e. The molecule has 0 amide bonds. The van der Waals surface area contributed by atoms with Crippen LogP contribution >= 0.6 is 0 Å². The molecule has 0 spiro atoms. The van der Waals surface area contributed by atoms with Crippen LogP contribution in [0.15, 0.2) is 97.1 Å². The molecule has 1 nitrogen and oxygen atoms in total. The third kappa shape index (κ3) is 4.65. The first-order chi connectivity index (χ1) is 21.5. The molecule has 0 atom stereocenters. The normalized spacial score (nSPS) is 15.6. The van der Waals surface area contributed by atoms with Crippen LogP contribution in [0.1, 0.15) is 108 Å². The predicted octanol–water partition coefficient (Wildman–Crippen LogP) is 12.7. The minimum atomic E-state index is -0.0901. The lowest BCUT2D eigenvalue weighted by atomic mass is 9.79. The Morgan fingerprint density at radius 2 is 0.739 bits per heavy atom. The van der Waals surface area contributed by atoms with E-state index in [1.807, 2.05) is 0 Å². The highest BCUT2D eigenvalue weighted by molar-refractivity contribution is 5.88. The van der Waals surface area contributed by atoms with E-state index in [1.54, 1.807) is 0 Å². The van der Waals surface area contributed by atoms with Gasteiger partial charge in [0.25, 0.3) is 0 Å². The smallest absolute Gasteiger partial charge is 0.0465 e. The summed E-state index contributed by atoms with van der Waals surface area (Å²) >= 11 is 0. The third-order valence-electron chi connectivity index (χ3n) is 10.9. The maximum atomic E-state index is 2.46. The van der Waals surface area contributed by atoms with Gasteiger partial charge < -0.3 is 4.90 Å². The van der Waals surface area contributed by atoms with Crippen LogP contribution in [0.3, 0.4) is 0 Å². The summed E-state index contributed by atoms with van der Waals surface area (Å²) in [6.45, 7) is 25.6. The van der Waals surface area contributed by atoms with Crippen LogP contribution in [0.4, 0.5) is 17.1 Å². The fourth-order valence-corrected chi connectivity index (χ4v) is 7.80. The molecule has 5 aromatic rings. The van der Waals surface area contributed by atoms with Gasteiger partial charge in [0, 0.05) is 27.9 Å². The molecule has 7 rings (SSSR count). The van der Waals surface area contributed by atoms with Crippen LogP contribution in [-0.2, 0) is 21.7 Å². The number of benzene rings is 5. The highest BCUT2D eigenvalue weighted by atomic mass is 15.1. The molecule has 0 aliphatic heterocycles. The number of fused-ring (bicyclic) bond motifs is 6. The first-order valence-electron chi connectivity index (χ1n) is 16.9. The summed E-state index contributed by atoms with van der Waals surface area (Å²) in [5, 5.41) is 0. The van der Waals surface area contributed by atoms with E-state index in [1.165, 1.54) is 78.3 Å². The lowest BCUT2D eigenvalue weighted by Gasteiger charge is -2.30. The van der Waals surface area contributed by atoms with Crippen LogP contribution in [-0.4, -0.2) is 0 Å². The lowest BCUT2D eigenvalue weighted by molar-refractivity contribution is 0.584. The zero-order valence-electron chi connectivity index (χ0n) is 29.7. The van der Waals surface area contributed by atoms with Gasteiger partial charge in [-0.05, 0) is 110 Å². The fraction of sp³-hybridized carbons (Fsp3) is 0.333. The minimum absolute atomic E-state index is 0.0901. The van der Waals surface area contributed by atoms with Crippen molar-refractivity contribution in [1.82, 2.24) is 0 Å². The summed E-state index contributed by atoms with van der Waals surface area (Å²) in [6.07, 6.45) is 0. The van der Waals surface area contributed by atoms with Crippen molar-refractivity contribution in [1.29, 1.82) is 0 Å². The molecule has 0 fully saturated rings. The second-order valence-electron chi connectivity index (χ2n) is 16.9. The van der Waals surface area contributed by atoms with Gasteiger partial charge in [-0.3, -0.25) is 0 Å². The molecule has 234 valence electrons. The molecule has 5 aromatic carbocycles. The molecule has 0 N–H and O–H groups in total. The van der Waals surface area contributed by atoms with Crippen LogP contribution in [0.25, 0.3) is 22.3 Å². The maximum absolute atomic E-state index is 2.46. The molecule has 1 heteroatoms. The van der Waals surface area contributed by atoms with Crippen molar-refractivity contribution in [3.8, 4) is 22.3 Å². The van der Waals surface area contributed by atoms with E-state index < -0.39 is 0 Å². The monoisotopic (exact) mass is 603 g/mol. The number of rotatable bonds is 3. The summed E-state index contributed by atoms with van der Waals surface area (Å²) in [4.78, 5) is 2.46. The summed E-state index contributed by atoms with van der Waals surface area (Å²) in [5.41, 5.74) is 18.8. The summed E-state index contributed by atoms with van der Waals surface area (Å²) in [5.74, 6) is 0. The number of hydrogen-bond acceptors (Lipinski definition) is 1. The van der Waals surface area contributed by atoms with Crippen LogP contribution in [0.2, 0.25) is 0 Å². The van der Waals surface area contributed by atoms with Gasteiger partial charge >= 0.3 is 0 Å². The van der Waals surface area contributed by atoms with Gasteiger partial charge in [0.05, 0.1) is 0 Å². The molecule has 0 heterocycles. The van der Waals surface area contributed by atoms with Crippen molar-refractivity contribution >= 4 is 17.1 Å². The molecule has 0 saturated heterocycles. The highest BCUT2D eigenvalue weighted by Crippen LogP contribution is 2.54. The molecular formula is C45H49N. The van der Waals surface area contributed by atoms with E-state index in [9.17, 15) is 0 Å². The Morgan fingerprint density at radius 3 is 1.11 bits per heavy atom. The number of hydrogen-bond donors (Lipinski definition) is 0. The quantitative estimate of drug-likeness (QED) is 0.198. The molecule has 0 saturated carbocycles. The zero-order valence-corrected chi connectivity index (χ0v) is 29.7. The second-order valence-corrected chi connectivity index (χ2v) is 16.9. The van der Waals surface area contributed by atoms with Gasteiger partial charge in [0.15, 0.2) is 0 Å². The predicted molar refractivity (Wildman–Crippen MR) is 198 cm³/mol. The average Bonchev–Trinajstić information content (AvgIpc) is 3.36. The van der Waals surface area contributed by atoms with E-state index in [0.29, 0.717) is 0 Å². The zero-order chi connectivity index (χ0) is 33.0. The molecule has 46 heavy (non-hydrogen) atoms. The Kier molecular flexibility index (Phi) is 6.61. The Labute approximate surface area is 277 Å². The number of nitrogens with zero attached hydrogens (tertiary/aromatic N) is 1. The maximum Gasteiger partial charge on any atom is 0.0465 e. The van der Waals surface area contributed by atoms with E-state index in [4.69, 9.17) is 0 Å². The Hall–Kier alpha value is -4.10. The van der Waals surface area contributed by atoms with Gasteiger partial charge in [0.2, 0.25) is 0 Å². The van der Waals surface area contributed by atoms with Crippen molar-refractivity contribution in [2.45, 2.75) is 97.8 Å². The topological polar surface area (TPSA) is 3.24 Å². The molecule has 0 bridgehead atoms. The summed E-state index contributed by atoms with van der Waals surface area (Å²) in [7, 11) is 0. The standard InChI is InChI=1S/C45H49N/c1-28-12-16-31(17-13-28)46(32-18-22-36-34-20-14-29(42(2,3)4)24-38(34)44(8,9)40(36)26-32)33-19-23-37-35-21-15-30(43(5,6)7)25-39(35)45(10,11)41(37)27-33/h12-27H,1-11H3. The molecule has 0 aromatic heterocycles. The molecular weight excluding hydrogens is 555 g/mol. The lowest BCUT2D eigenvalue weighted by Crippen LogP contribution is -2.19. The van der Waals surface area contributed by atoms with Gasteiger partial charge in [-0.15, -0.1) is 0 Å². The fourth-order valence-electron chi connectivity index (χ4n) is 7.80. The van der Waals surface area contributed by atoms with Gasteiger partial charge in [-0.1, -0.05) is 135 Å². The largest absolute Gasteiger partial charge is 0.310 e. The molecule has 0 unspecified atom stereocenters. The Bertz CT molecular complexity index is 1880. The third-order valence-corrected chi connectivity index (χ3v) is 10.9. The van der Waals surface area contributed by atoms with E-state index >= 15 is 0 Å². The van der Waals surface area contributed by atoms with Crippen LogP contribution in [0, 0.1) is 6.92 Å². The Morgan fingerprint density at radius 1 is 0.413 bits per heavy atom. The number of anilines is 3. The van der Waals surface area contributed by atoms with Crippen molar-refractivity contribution in [2.75, 3.05) is 4.90 Å². The van der Waals surface area contributed by atoms with E-state index in [-0.39, 0.29) is 21.7 Å². The van der Waals surface area contributed by atoms with Crippen LogP contribution in [0.5, 0.6) is 0 Å². The van der Waals surface area contributed by atoms with Crippen molar-refractivity contribution in [3.05, 3.63) is 136 Å². The van der Waals surface area contributed by atoms with Gasteiger partial charge in [-0.2, -0.15) is 0 Å². The molecule has 0 radical (unpaired) electrons. The first kappa shape index (κ1) is 30.5.